The van der Waals surface area contributed by atoms with Crippen molar-refractivity contribution in [1.82, 2.24) is 19.9 Å². The van der Waals surface area contributed by atoms with Crippen molar-refractivity contribution in [2.24, 2.45) is 5.50 Å². The number of hydrogen-bond donors (Lipinski definition) is 3. The number of aromatic amines is 1. The maximum atomic E-state index is 12.5. The summed E-state index contributed by atoms with van der Waals surface area (Å²) in [5.74, 6) is -0.304. The molecule has 0 aliphatic heterocycles. The van der Waals surface area contributed by atoms with Crippen molar-refractivity contribution in [2.45, 2.75) is 26.1 Å². The molecule has 4 N–H and O–H groups in total. The van der Waals surface area contributed by atoms with Gasteiger partial charge < -0.3 is 29.8 Å². The van der Waals surface area contributed by atoms with Crippen LogP contribution < -0.4 is 16.4 Å². The number of fused-ring (bicyclic) bond motifs is 1. The number of H-pyrrole nitrogens is 1. The number of carbonyl (C=O) groups excluding carboxylic acids is 1. The van der Waals surface area contributed by atoms with E-state index in [1.165, 1.54) is 6.20 Å². The number of aromatic nitrogens is 3. The first kappa shape index (κ1) is 20.5. The second kappa shape index (κ2) is 9.78. The standard InChI is InChI=1S/C16H26N5O4P/c1-11(9-24-2)19-16(23)12-8-21(10-25-5-4-6-26(3)17)15-14(12)20-13(22)7-18-15/h7-8,11H,4-6,9-10,17H2,1-3H3,(H,19,23)(H,20,22). The zero-order chi connectivity index (χ0) is 19.1. The van der Waals surface area contributed by atoms with E-state index in [1.54, 1.807) is 17.9 Å². The molecular formula is C16H26N5O4P. The van der Waals surface area contributed by atoms with E-state index >= 15 is 0 Å². The highest BCUT2D eigenvalue weighted by Crippen LogP contribution is 2.19. The quantitative estimate of drug-likeness (QED) is 0.412. The highest BCUT2D eigenvalue weighted by Gasteiger charge is 2.18. The predicted octanol–water partition coefficient (Wildman–Crippen LogP) is 0.839. The number of rotatable bonds is 10. The Morgan fingerprint density at radius 3 is 3.00 bits per heavy atom. The lowest BCUT2D eigenvalue weighted by molar-refractivity contribution is 0.0800. The Kier molecular flexibility index (Phi) is 7.71. The molecule has 0 spiro atoms. The smallest absolute Gasteiger partial charge is 0.267 e. The molecule has 9 nitrogen and oxygen atoms in total. The van der Waals surface area contributed by atoms with Crippen molar-refractivity contribution < 1.29 is 14.3 Å². The van der Waals surface area contributed by atoms with E-state index in [4.69, 9.17) is 15.0 Å². The summed E-state index contributed by atoms with van der Waals surface area (Å²) < 4.78 is 12.4. The number of ether oxygens (including phenoxy) is 2. The fourth-order valence-corrected chi connectivity index (χ4v) is 3.15. The molecule has 2 atom stereocenters. The van der Waals surface area contributed by atoms with Gasteiger partial charge in [-0.1, -0.05) is 0 Å². The molecule has 2 aromatic rings. The minimum atomic E-state index is -0.422. The maximum Gasteiger partial charge on any atom is 0.267 e. The molecule has 0 fully saturated rings. The molecule has 2 unspecified atom stereocenters. The van der Waals surface area contributed by atoms with Crippen molar-refractivity contribution in [3.8, 4) is 0 Å². The van der Waals surface area contributed by atoms with E-state index in [9.17, 15) is 9.59 Å². The average molecular weight is 383 g/mol. The van der Waals surface area contributed by atoms with E-state index in [1.807, 2.05) is 13.6 Å². The predicted molar refractivity (Wildman–Crippen MR) is 102 cm³/mol. The zero-order valence-electron chi connectivity index (χ0n) is 15.3. The highest BCUT2D eigenvalue weighted by molar-refractivity contribution is 7.54. The van der Waals surface area contributed by atoms with Gasteiger partial charge in [0.05, 0.1) is 23.9 Å². The van der Waals surface area contributed by atoms with E-state index in [0.29, 0.717) is 29.9 Å². The van der Waals surface area contributed by atoms with Crippen molar-refractivity contribution >= 4 is 25.1 Å². The molecule has 2 aromatic heterocycles. The first-order valence-electron chi connectivity index (χ1n) is 8.34. The Morgan fingerprint density at radius 2 is 2.31 bits per heavy atom. The lowest BCUT2D eigenvalue weighted by atomic mass is 10.2. The van der Waals surface area contributed by atoms with Crippen LogP contribution in [-0.4, -0.2) is 59.6 Å². The van der Waals surface area contributed by atoms with Crippen LogP contribution in [-0.2, 0) is 16.2 Å². The molecule has 0 saturated carbocycles. The number of nitrogens with zero attached hydrogens (tertiary/aromatic N) is 2. The van der Waals surface area contributed by atoms with Gasteiger partial charge in [-0.25, -0.2) is 4.98 Å². The van der Waals surface area contributed by atoms with Crippen molar-refractivity contribution in [2.75, 3.05) is 33.2 Å². The van der Waals surface area contributed by atoms with E-state index in [0.717, 1.165) is 12.6 Å². The van der Waals surface area contributed by atoms with Gasteiger partial charge in [-0.15, -0.1) is 0 Å². The Labute approximate surface area is 153 Å². The molecule has 1 amide bonds. The topological polar surface area (TPSA) is 124 Å². The summed E-state index contributed by atoms with van der Waals surface area (Å²) in [4.78, 5) is 31.0. The molecule has 0 saturated heterocycles. The van der Waals surface area contributed by atoms with Crippen LogP contribution in [0.3, 0.4) is 0 Å². The van der Waals surface area contributed by atoms with Gasteiger partial charge in [-0.05, 0) is 34.2 Å². The zero-order valence-corrected chi connectivity index (χ0v) is 16.2. The number of hydrogen-bond acceptors (Lipinski definition) is 6. The highest BCUT2D eigenvalue weighted by atomic mass is 31.1. The molecule has 0 radical (unpaired) electrons. The van der Waals surface area contributed by atoms with Gasteiger partial charge >= 0.3 is 0 Å². The molecule has 26 heavy (non-hydrogen) atoms. The molecule has 2 rings (SSSR count). The van der Waals surface area contributed by atoms with Crippen LogP contribution in [0.25, 0.3) is 11.2 Å². The van der Waals surface area contributed by atoms with Gasteiger partial charge in [-0.3, -0.25) is 9.59 Å². The van der Waals surface area contributed by atoms with Crippen LogP contribution in [0.15, 0.2) is 17.2 Å². The number of amides is 1. The lowest BCUT2D eigenvalue weighted by Crippen LogP contribution is -2.35. The number of methoxy groups -OCH3 is 1. The molecule has 0 aliphatic carbocycles. The van der Waals surface area contributed by atoms with Crippen LogP contribution in [0.2, 0.25) is 0 Å². The fourth-order valence-electron chi connectivity index (χ4n) is 2.53. The third kappa shape index (κ3) is 5.60. The fraction of sp³-hybridized carbons (Fsp3) is 0.562. The Morgan fingerprint density at radius 1 is 1.54 bits per heavy atom. The van der Waals surface area contributed by atoms with Gasteiger partial charge in [-0.2, -0.15) is 0 Å². The summed E-state index contributed by atoms with van der Waals surface area (Å²) in [7, 11) is 1.15. The number of carbonyl (C=O) groups is 1. The van der Waals surface area contributed by atoms with Crippen LogP contribution in [0.5, 0.6) is 0 Å². The lowest BCUT2D eigenvalue weighted by Gasteiger charge is -2.11. The third-order valence-corrected chi connectivity index (χ3v) is 4.69. The molecule has 0 aromatic carbocycles. The second-order valence-corrected chi connectivity index (χ2v) is 8.12. The molecule has 0 bridgehead atoms. The van der Waals surface area contributed by atoms with Crippen molar-refractivity contribution in [1.29, 1.82) is 0 Å². The summed E-state index contributed by atoms with van der Waals surface area (Å²) in [5.41, 5.74) is 6.64. The first-order valence-corrected chi connectivity index (χ1v) is 10.4. The Balaban J connectivity index is 2.15. The van der Waals surface area contributed by atoms with Crippen LogP contribution in [0.4, 0.5) is 0 Å². The Hall–Kier alpha value is -1.80. The first-order chi connectivity index (χ1) is 12.4. The van der Waals surface area contributed by atoms with E-state index in [-0.39, 0.29) is 24.2 Å². The van der Waals surface area contributed by atoms with Crippen LogP contribution in [0.1, 0.15) is 23.7 Å². The molecule has 144 valence electrons. The second-order valence-electron chi connectivity index (χ2n) is 6.16. The normalized spacial score (nSPS) is 13.7. The van der Waals surface area contributed by atoms with Crippen LogP contribution in [0, 0.1) is 0 Å². The summed E-state index contributed by atoms with van der Waals surface area (Å²) in [5, 5.41) is 2.83. The molecular weight excluding hydrogens is 357 g/mol. The molecule has 0 aliphatic rings. The minimum Gasteiger partial charge on any atom is -0.383 e. The number of nitrogens with one attached hydrogen (secondary N) is 2. The van der Waals surface area contributed by atoms with Crippen LogP contribution >= 0.6 is 8.07 Å². The van der Waals surface area contributed by atoms with Crippen molar-refractivity contribution in [3.63, 3.8) is 0 Å². The Bertz CT molecular complexity index is 789. The van der Waals surface area contributed by atoms with Gasteiger partial charge in [0, 0.05) is 26.0 Å². The minimum absolute atomic E-state index is 0.161. The maximum absolute atomic E-state index is 12.5. The largest absolute Gasteiger partial charge is 0.383 e. The summed E-state index contributed by atoms with van der Waals surface area (Å²) >= 11 is 0. The summed E-state index contributed by atoms with van der Waals surface area (Å²) in [6, 6.07) is -0.161. The van der Waals surface area contributed by atoms with Gasteiger partial charge in [0.15, 0.2) is 5.65 Å². The van der Waals surface area contributed by atoms with Gasteiger partial charge in [0.25, 0.3) is 11.5 Å². The summed E-state index contributed by atoms with van der Waals surface area (Å²) in [6.07, 6.45) is 4.65. The van der Waals surface area contributed by atoms with Crippen molar-refractivity contribution in [3.05, 3.63) is 28.3 Å². The van der Waals surface area contributed by atoms with Gasteiger partial charge in [0.1, 0.15) is 6.73 Å². The molecule has 10 heteroatoms. The third-order valence-electron chi connectivity index (χ3n) is 3.67. The monoisotopic (exact) mass is 383 g/mol. The van der Waals surface area contributed by atoms with E-state index in [2.05, 4.69) is 15.3 Å². The van der Waals surface area contributed by atoms with E-state index < -0.39 is 8.07 Å². The summed E-state index contributed by atoms with van der Waals surface area (Å²) in [6.45, 7) is 5.06. The van der Waals surface area contributed by atoms with Gasteiger partial charge in [0.2, 0.25) is 0 Å². The number of nitrogens with two attached hydrogens (primary N) is 1. The SMILES string of the molecule is COCC(C)NC(=O)c1cn(COCCCP(C)N)c2ncc(=O)[nH]c12. The molecule has 2 heterocycles. The average Bonchev–Trinajstić information content (AvgIpc) is 2.92.